The Balaban J connectivity index is 0. The highest BCUT2D eigenvalue weighted by Gasteiger charge is 2.23. The number of terminal acetylenes is 1. The molecule has 0 aromatic heterocycles. The van der Waals surface area contributed by atoms with Crippen molar-refractivity contribution in [2.75, 3.05) is 25.4 Å². The summed E-state index contributed by atoms with van der Waals surface area (Å²) in [5.74, 6) is 0.632. The highest BCUT2D eigenvalue weighted by Crippen LogP contribution is 2.29. The number of Topliss-reactive ketones (excluding diaryl/α,β-unsaturated/α-hetero) is 1. The Morgan fingerprint density at radius 3 is 2.26 bits per heavy atom. The molecule has 1 aromatic rings. The molecule has 1 heterocycles. The van der Waals surface area contributed by atoms with Gasteiger partial charge in [0.05, 0.1) is 15.5 Å². The Bertz CT molecular complexity index is 942. The van der Waals surface area contributed by atoms with Gasteiger partial charge in [-0.1, -0.05) is 75.4 Å². The van der Waals surface area contributed by atoms with Gasteiger partial charge in [-0.05, 0) is 71.1 Å². The van der Waals surface area contributed by atoms with Crippen molar-refractivity contribution in [3.05, 3.63) is 82.0 Å². The molecule has 0 unspecified atom stereocenters. The predicted octanol–water partition coefficient (Wildman–Crippen LogP) is 7.36. The van der Waals surface area contributed by atoms with E-state index in [1.54, 1.807) is 12.3 Å². The summed E-state index contributed by atoms with van der Waals surface area (Å²) in [6.45, 7) is 17.4. The lowest BCUT2D eigenvalue weighted by molar-refractivity contribution is 0.103. The first kappa shape index (κ1) is 38.6. The molecule has 0 amide bonds. The summed E-state index contributed by atoms with van der Waals surface area (Å²) in [4.78, 5) is 14.9. The molecule has 218 valence electrons. The third-order valence-corrected chi connectivity index (χ3v) is 6.20. The highest BCUT2D eigenvalue weighted by molar-refractivity contribution is 8.07. The molecular formula is C30H46F2N4OS2. The van der Waals surface area contributed by atoms with Gasteiger partial charge in [0, 0.05) is 17.9 Å². The molecule has 1 aliphatic heterocycles. The van der Waals surface area contributed by atoms with Gasteiger partial charge in [-0.15, -0.1) is 12.3 Å². The lowest BCUT2D eigenvalue weighted by Crippen LogP contribution is -2.19. The van der Waals surface area contributed by atoms with Gasteiger partial charge in [0.1, 0.15) is 11.6 Å². The molecule has 1 fully saturated rings. The molecule has 39 heavy (non-hydrogen) atoms. The Morgan fingerprint density at radius 1 is 1.23 bits per heavy atom. The van der Waals surface area contributed by atoms with Crippen molar-refractivity contribution >= 4 is 29.5 Å². The normalized spacial score (nSPS) is 13.2. The third kappa shape index (κ3) is 18.4. The van der Waals surface area contributed by atoms with Gasteiger partial charge in [0.25, 0.3) is 0 Å². The first-order valence-corrected chi connectivity index (χ1v) is 14.9. The van der Waals surface area contributed by atoms with E-state index in [2.05, 4.69) is 29.6 Å². The highest BCUT2D eigenvalue weighted by atomic mass is 32.2. The largest absolute Gasteiger partial charge is 0.401 e. The van der Waals surface area contributed by atoms with Crippen LogP contribution in [-0.2, 0) is 0 Å². The quantitative estimate of drug-likeness (QED) is 0.0829. The smallest absolute Gasteiger partial charge is 0.207 e. The average molecular weight is 581 g/mol. The molecular weight excluding hydrogens is 534 g/mol. The summed E-state index contributed by atoms with van der Waals surface area (Å²) >= 11 is 2.23. The topological polar surface area (TPSA) is 84.4 Å². The average Bonchev–Trinajstić information content (AvgIpc) is 3.44. The second-order valence-electron chi connectivity index (χ2n) is 7.87. The van der Waals surface area contributed by atoms with E-state index >= 15 is 0 Å². The van der Waals surface area contributed by atoms with E-state index in [1.165, 1.54) is 63.8 Å². The van der Waals surface area contributed by atoms with Crippen LogP contribution in [0.1, 0.15) is 70.7 Å². The number of halogens is 2. The van der Waals surface area contributed by atoms with E-state index in [0.717, 1.165) is 29.6 Å². The molecule has 0 radical (unpaired) electrons. The summed E-state index contributed by atoms with van der Waals surface area (Å²) in [5.41, 5.74) is 5.17. The van der Waals surface area contributed by atoms with E-state index in [-0.39, 0.29) is 10.6 Å². The number of nitrogens with two attached hydrogens (primary N) is 2. The number of likely N-dealkylation sites (tertiary alicyclic amines) is 1. The van der Waals surface area contributed by atoms with Crippen LogP contribution in [0.25, 0.3) is 0 Å². The maximum Gasteiger partial charge on any atom is 0.207 e. The third-order valence-electron chi connectivity index (χ3n) is 4.74. The molecule has 0 saturated carbocycles. The van der Waals surface area contributed by atoms with Crippen molar-refractivity contribution in [2.45, 2.75) is 60.3 Å². The number of allylic oxidation sites excluding steroid dienone is 4. The van der Waals surface area contributed by atoms with Crippen LogP contribution in [0.2, 0.25) is 0 Å². The zero-order valence-corrected chi connectivity index (χ0v) is 25.7. The number of ketones is 1. The van der Waals surface area contributed by atoms with Crippen LogP contribution in [-0.4, -0.2) is 36.1 Å². The van der Waals surface area contributed by atoms with Gasteiger partial charge in [0.15, 0.2) is 0 Å². The molecule has 1 aliphatic rings. The van der Waals surface area contributed by atoms with Crippen LogP contribution < -0.4 is 16.2 Å². The summed E-state index contributed by atoms with van der Waals surface area (Å²) in [6, 6.07) is 3.21. The molecule has 1 aromatic carbocycles. The van der Waals surface area contributed by atoms with Gasteiger partial charge in [-0.25, -0.2) is 8.78 Å². The van der Waals surface area contributed by atoms with E-state index in [9.17, 15) is 13.6 Å². The number of benzene rings is 1. The lowest BCUT2D eigenvalue weighted by Gasteiger charge is -2.11. The van der Waals surface area contributed by atoms with Crippen molar-refractivity contribution in [2.24, 2.45) is 10.9 Å². The van der Waals surface area contributed by atoms with Gasteiger partial charge in [-0.2, -0.15) is 0 Å². The number of carbonyl (C=O) groups is 1. The van der Waals surface area contributed by atoms with E-state index < -0.39 is 23.0 Å². The number of nitrogens with zero attached hydrogens (tertiary/aromatic N) is 1. The fraction of sp³-hybridized carbons (Fsp3) is 0.433. The lowest BCUT2D eigenvalue weighted by atomic mass is 10.1. The van der Waals surface area contributed by atoms with Gasteiger partial charge in [0.2, 0.25) is 5.78 Å². The Hall–Kier alpha value is -2.51. The zero-order valence-electron chi connectivity index (χ0n) is 24.1. The van der Waals surface area contributed by atoms with E-state index in [0.29, 0.717) is 11.4 Å². The second-order valence-corrected chi connectivity index (χ2v) is 9.64. The number of nitrogens with one attached hydrogen (secondary N) is 1. The van der Waals surface area contributed by atoms with Crippen molar-refractivity contribution < 1.29 is 13.6 Å². The zero-order chi connectivity index (χ0) is 30.1. The van der Waals surface area contributed by atoms with Gasteiger partial charge in [-0.3, -0.25) is 9.93 Å². The number of hydrogen-bond donors (Lipinski definition) is 3. The summed E-state index contributed by atoms with van der Waals surface area (Å²) in [5, 5.41) is 8.25. The van der Waals surface area contributed by atoms with Crippen LogP contribution >= 0.6 is 23.7 Å². The first-order valence-electron chi connectivity index (χ1n) is 13.0. The molecule has 5 nitrogen and oxygen atoms in total. The number of carbonyl (C=O) groups excluding carboxylic acids is 1. The van der Waals surface area contributed by atoms with Crippen LogP contribution in [0.3, 0.4) is 0 Å². The molecule has 5 N–H and O–H groups in total. The molecule has 0 spiro atoms. The summed E-state index contributed by atoms with van der Waals surface area (Å²) < 4.78 is 27.5. The standard InChI is InChI=1S/C17H16F2N2OS.C7H15N.C4H9NS.C2H6/c1-4-5-6-10-21-12(3)23-17(11(2)20)16(22)15-13(18)8-7-9-14(15)19;1-2-5-8-6-3-4-7-8;1-2-3-4-6-5;1-2/h1,6-10,21H,3,5,20H2,2H3;2-7H2,1H3;2-3H,4-5H2,1H3;1-2H3/b10-6+,17-11+;;3-2-;. The van der Waals surface area contributed by atoms with E-state index in [4.69, 9.17) is 17.3 Å². The van der Waals surface area contributed by atoms with Crippen LogP contribution in [0.4, 0.5) is 8.78 Å². The van der Waals surface area contributed by atoms with Crippen molar-refractivity contribution in [1.29, 1.82) is 0 Å². The number of hydrogen-bond acceptors (Lipinski definition) is 7. The Morgan fingerprint density at radius 2 is 1.82 bits per heavy atom. The monoisotopic (exact) mass is 580 g/mol. The Kier molecular flexibility index (Phi) is 25.5. The van der Waals surface area contributed by atoms with Crippen LogP contribution in [0.5, 0.6) is 0 Å². The molecule has 9 heteroatoms. The van der Waals surface area contributed by atoms with E-state index in [1.807, 2.05) is 32.9 Å². The maximum absolute atomic E-state index is 13.7. The maximum atomic E-state index is 13.7. The number of thioether (sulfide) groups is 1. The molecule has 0 bridgehead atoms. The minimum Gasteiger partial charge on any atom is -0.401 e. The second kappa shape index (κ2) is 25.8. The molecule has 2 rings (SSSR count). The van der Waals surface area contributed by atoms with Crippen molar-refractivity contribution in [1.82, 2.24) is 10.2 Å². The van der Waals surface area contributed by atoms with Crippen LogP contribution in [0.15, 0.2) is 64.8 Å². The predicted molar refractivity (Wildman–Crippen MR) is 169 cm³/mol. The fourth-order valence-corrected chi connectivity index (χ4v) is 4.07. The summed E-state index contributed by atoms with van der Waals surface area (Å²) in [7, 11) is 0. The van der Waals surface area contributed by atoms with Crippen molar-refractivity contribution in [3.63, 3.8) is 0 Å². The summed E-state index contributed by atoms with van der Waals surface area (Å²) in [6.07, 6.45) is 17.0. The minimum absolute atomic E-state index is 0.00292. The number of rotatable bonds is 11. The minimum atomic E-state index is -0.943. The molecule has 1 saturated heterocycles. The Labute approximate surface area is 243 Å². The SMILES string of the molecule is C#CC/C=C/NC(=C)S/C(C(=O)c1c(F)cccc1F)=C(\C)N.C/C=C\CSN.CC.CCCN1CCCC1. The fourth-order valence-electron chi connectivity index (χ4n) is 3.04. The first-order chi connectivity index (χ1) is 18.7. The molecule has 0 aliphatic carbocycles. The van der Waals surface area contributed by atoms with Crippen molar-refractivity contribution in [3.8, 4) is 12.3 Å². The van der Waals surface area contributed by atoms with Gasteiger partial charge >= 0.3 is 0 Å². The van der Waals surface area contributed by atoms with Crippen LogP contribution in [0, 0.1) is 24.0 Å². The molecule has 0 atom stereocenters. The van der Waals surface area contributed by atoms with Gasteiger partial charge < -0.3 is 16.0 Å².